The van der Waals surface area contributed by atoms with Crippen LogP contribution in [-0.2, 0) is 4.79 Å². The molecule has 1 aromatic rings. The first-order chi connectivity index (χ1) is 6.02. The molecule has 0 bridgehead atoms. The van der Waals surface area contributed by atoms with Crippen molar-refractivity contribution in [2.75, 3.05) is 0 Å². The summed E-state index contributed by atoms with van der Waals surface area (Å²) in [6.45, 7) is 0. The third kappa shape index (κ3) is 1.78. The van der Waals surface area contributed by atoms with Crippen LogP contribution in [0.3, 0.4) is 0 Å². The van der Waals surface area contributed by atoms with Gasteiger partial charge in [0.15, 0.2) is 0 Å². The highest BCUT2D eigenvalue weighted by atomic mass is 19.1. The number of imidazole rings is 1. The second-order valence-corrected chi connectivity index (χ2v) is 2.11. The Morgan fingerprint density at radius 1 is 1.85 bits per heavy atom. The summed E-state index contributed by atoms with van der Waals surface area (Å²) in [5.41, 5.74) is 0. The quantitative estimate of drug-likeness (QED) is 0.546. The molecule has 1 N–H and O–H groups in total. The van der Waals surface area contributed by atoms with Crippen molar-refractivity contribution >= 4 is 11.8 Å². The number of hydrogen-bond donors (Lipinski definition) is 1. The maximum Gasteiger partial charge on any atom is 0.381 e. The number of carboxylic acids is 1. The first kappa shape index (κ1) is 9.10. The summed E-state index contributed by atoms with van der Waals surface area (Å²) in [5.74, 6) is -2.32. The molecule has 0 aliphatic rings. The van der Waals surface area contributed by atoms with Gasteiger partial charge in [0.2, 0.25) is 6.33 Å². The van der Waals surface area contributed by atoms with Crippen LogP contribution in [0.1, 0.15) is 6.30 Å². The summed E-state index contributed by atoms with van der Waals surface area (Å²) in [6, 6.07) is 0. The summed E-state index contributed by atoms with van der Waals surface area (Å²) in [7, 11) is 0. The summed E-state index contributed by atoms with van der Waals surface area (Å²) >= 11 is 0. The van der Waals surface area contributed by atoms with Crippen molar-refractivity contribution in [3.8, 4) is 0 Å². The molecule has 8 heteroatoms. The Hall–Kier alpha value is -1.99. The zero-order valence-corrected chi connectivity index (χ0v) is 6.12. The van der Waals surface area contributed by atoms with Crippen LogP contribution >= 0.6 is 0 Å². The second-order valence-electron chi connectivity index (χ2n) is 2.11. The van der Waals surface area contributed by atoms with Crippen LogP contribution in [0.15, 0.2) is 12.5 Å². The van der Waals surface area contributed by atoms with Crippen molar-refractivity contribution in [3.05, 3.63) is 22.6 Å². The van der Waals surface area contributed by atoms with Gasteiger partial charge >= 0.3 is 11.8 Å². The Morgan fingerprint density at radius 2 is 2.46 bits per heavy atom. The van der Waals surface area contributed by atoms with Gasteiger partial charge in [0.05, 0.1) is 0 Å². The van der Waals surface area contributed by atoms with Gasteiger partial charge < -0.3 is 15.2 Å². The van der Waals surface area contributed by atoms with Gasteiger partial charge in [0.25, 0.3) is 6.30 Å². The Labute approximate surface area is 70.6 Å². The van der Waals surface area contributed by atoms with E-state index < -0.39 is 23.0 Å². The fraction of sp³-hybridized carbons (Fsp3) is 0.200. The van der Waals surface area contributed by atoms with Gasteiger partial charge in [-0.25, -0.2) is 9.18 Å². The minimum Gasteiger partial charge on any atom is -0.478 e. The molecule has 1 heterocycles. The minimum atomic E-state index is -2.35. The molecule has 13 heavy (non-hydrogen) atoms. The van der Waals surface area contributed by atoms with E-state index in [9.17, 15) is 19.3 Å². The van der Waals surface area contributed by atoms with Gasteiger partial charge in [-0.2, -0.15) is 0 Å². The summed E-state index contributed by atoms with van der Waals surface area (Å²) < 4.78 is 13.1. The summed E-state index contributed by atoms with van der Waals surface area (Å²) in [6.07, 6.45) is -0.892. The number of carbonyl (C=O) groups is 1. The molecule has 1 unspecified atom stereocenters. The van der Waals surface area contributed by atoms with Crippen molar-refractivity contribution in [1.29, 1.82) is 0 Å². The van der Waals surface area contributed by atoms with Crippen LogP contribution in [0, 0.1) is 10.1 Å². The number of carboxylic acid groups (broad SMARTS) is 1. The Kier molecular flexibility index (Phi) is 2.22. The zero-order valence-electron chi connectivity index (χ0n) is 6.12. The number of nitrogens with zero attached hydrogens (tertiary/aromatic N) is 3. The van der Waals surface area contributed by atoms with Crippen molar-refractivity contribution in [1.82, 2.24) is 9.55 Å². The summed E-state index contributed by atoms with van der Waals surface area (Å²) in [4.78, 5) is 22.5. The van der Waals surface area contributed by atoms with Gasteiger partial charge in [-0.05, 0) is 9.91 Å². The van der Waals surface area contributed by atoms with Crippen LogP contribution in [0.2, 0.25) is 0 Å². The molecule has 0 spiro atoms. The number of aromatic nitrogens is 2. The van der Waals surface area contributed by atoms with E-state index in [4.69, 9.17) is 5.11 Å². The third-order valence-electron chi connectivity index (χ3n) is 1.24. The highest BCUT2D eigenvalue weighted by Gasteiger charge is 2.21. The Bertz CT molecular complexity index is 349. The molecule has 0 aliphatic heterocycles. The van der Waals surface area contributed by atoms with E-state index in [0.29, 0.717) is 10.8 Å². The first-order valence-corrected chi connectivity index (χ1v) is 3.07. The van der Waals surface area contributed by atoms with E-state index >= 15 is 0 Å². The number of halogens is 1. The highest BCUT2D eigenvalue weighted by Crippen LogP contribution is 2.13. The predicted octanol–water partition coefficient (Wildman–Crippen LogP) is 0.344. The van der Waals surface area contributed by atoms with Gasteiger partial charge in [-0.15, -0.1) is 0 Å². The number of hydrogen-bond acceptors (Lipinski definition) is 4. The van der Waals surface area contributed by atoms with Gasteiger partial charge in [0, 0.05) is 0 Å². The maximum atomic E-state index is 12.6. The van der Waals surface area contributed by atoms with E-state index in [1.165, 1.54) is 0 Å². The lowest BCUT2D eigenvalue weighted by Gasteiger charge is -1.99. The lowest BCUT2D eigenvalue weighted by atomic mass is 10.6. The van der Waals surface area contributed by atoms with E-state index in [1.807, 2.05) is 0 Å². The van der Waals surface area contributed by atoms with Crippen LogP contribution in [-0.4, -0.2) is 25.6 Å². The number of aliphatic carboxylic acids is 1. The molecule has 1 aromatic heterocycles. The van der Waals surface area contributed by atoms with E-state index in [0.717, 1.165) is 6.33 Å². The van der Waals surface area contributed by atoms with Crippen LogP contribution in [0.5, 0.6) is 0 Å². The molecular weight excluding hydrogens is 185 g/mol. The van der Waals surface area contributed by atoms with E-state index in [-0.39, 0.29) is 0 Å². The Balaban J connectivity index is 2.91. The second kappa shape index (κ2) is 3.17. The minimum absolute atomic E-state index is 0.500. The first-order valence-electron chi connectivity index (χ1n) is 3.07. The smallest absolute Gasteiger partial charge is 0.381 e. The number of alkyl halides is 1. The average molecular weight is 189 g/mol. The average Bonchev–Trinajstić information content (AvgIpc) is 2.50. The van der Waals surface area contributed by atoms with Crippen LogP contribution in [0.25, 0.3) is 0 Å². The molecule has 0 fully saturated rings. The molecule has 0 saturated carbocycles. The molecule has 0 amide bonds. The van der Waals surface area contributed by atoms with Crippen molar-refractivity contribution < 1.29 is 19.2 Å². The van der Waals surface area contributed by atoms with Crippen molar-refractivity contribution in [2.45, 2.75) is 6.30 Å². The maximum absolute atomic E-state index is 12.6. The lowest BCUT2D eigenvalue weighted by molar-refractivity contribution is -0.389. The monoisotopic (exact) mass is 189 g/mol. The topological polar surface area (TPSA) is 98.3 Å². The molecule has 0 saturated heterocycles. The summed E-state index contributed by atoms with van der Waals surface area (Å²) in [5, 5.41) is 18.3. The molecule has 1 rings (SSSR count). The zero-order chi connectivity index (χ0) is 10.0. The van der Waals surface area contributed by atoms with Gasteiger partial charge in [0.1, 0.15) is 6.20 Å². The number of rotatable bonds is 3. The SMILES string of the molecule is O=C(O)C(F)n1cnc([N+](=O)[O-])c1. The predicted molar refractivity (Wildman–Crippen MR) is 36.7 cm³/mol. The van der Waals surface area contributed by atoms with E-state index in [1.54, 1.807) is 0 Å². The molecular formula is C5H4FN3O4. The fourth-order valence-corrected chi connectivity index (χ4v) is 0.672. The van der Waals surface area contributed by atoms with Gasteiger partial charge in [-0.3, -0.25) is 4.57 Å². The molecule has 7 nitrogen and oxygen atoms in total. The largest absolute Gasteiger partial charge is 0.478 e. The van der Waals surface area contributed by atoms with E-state index in [2.05, 4.69) is 4.98 Å². The molecule has 0 radical (unpaired) electrons. The molecule has 70 valence electrons. The fourth-order valence-electron chi connectivity index (χ4n) is 0.672. The number of nitro groups is 1. The molecule has 0 aromatic carbocycles. The lowest BCUT2D eigenvalue weighted by Crippen LogP contribution is -2.12. The standard InChI is InChI=1S/C5H4FN3O4/c6-4(5(10)11)8-1-3(7-2-8)9(12)13/h1-2,4H,(H,10,11). The normalized spacial score (nSPS) is 12.4. The molecule has 1 atom stereocenters. The van der Waals surface area contributed by atoms with Crippen molar-refractivity contribution in [2.24, 2.45) is 0 Å². The molecule has 0 aliphatic carbocycles. The third-order valence-corrected chi connectivity index (χ3v) is 1.24. The van der Waals surface area contributed by atoms with Crippen LogP contribution < -0.4 is 0 Å². The van der Waals surface area contributed by atoms with Crippen molar-refractivity contribution in [3.63, 3.8) is 0 Å². The highest BCUT2D eigenvalue weighted by molar-refractivity contribution is 5.70. The Morgan fingerprint density at radius 3 is 2.85 bits per heavy atom. The van der Waals surface area contributed by atoms with Gasteiger partial charge in [-0.1, -0.05) is 0 Å². The van der Waals surface area contributed by atoms with Crippen LogP contribution in [0.4, 0.5) is 10.2 Å².